The number of nitrogens with zero attached hydrogens (tertiary/aromatic N) is 1. The minimum absolute atomic E-state index is 0.145. The van der Waals surface area contributed by atoms with E-state index in [4.69, 9.17) is 19.6 Å². The zero-order valence-electron chi connectivity index (χ0n) is 14.8. The van der Waals surface area contributed by atoms with Crippen molar-refractivity contribution in [2.75, 3.05) is 6.54 Å². The molecular weight excluding hydrogens is 390 g/mol. The second-order valence-electron chi connectivity index (χ2n) is 5.05. The van der Waals surface area contributed by atoms with Gasteiger partial charge in [-0.2, -0.15) is 0 Å². The summed E-state index contributed by atoms with van der Waals surface area (Å²) >= 11 is 1.46. The predicted octanol–water partition coefficient (Wildman–Crippen LogP) is 2.53. The Balaban J connectivity index is 0. The molecule has 1 aromatic heterocycles. The fraction of sp³-hybridized carbons (Fsp3) is 0.692. The van der Waals surface area contributed by atoms with Crippen LogP contribution in [0.4, 0.5) is 0 Å². The van der Waals surface area contributed by atoms with E-state index in [0.29, 0.717) is 6.42 Å². The molecule has 9 nitrogen and oxygen atoms in total. The molecule has 1 rings (SSSR count). The normalized spacial score (nSPS) is 11.5. The molecule has 25 heavy (non-hydrogen) atoms. The first-order valence-electron chi connectivity index (χ1n) is 7.59. The number of aromatic nitrogens is 1. The molecule has 0 saturated heterocycles. The highest BCUT2D eigenvalue weighted by Crippen LogP contribution is 2.70. The summed E-state index contributed by atoms with van der Waals surface area (Å²) in [5.41, 5.74) is 0. The van der Waals surface area contributed by atoms with E-state index in [0.717, 1.165) is 19.9 Å². The van der Waals surface area contributed by atoms with Crippen LogP contribution in [0.25, 0.3) is 0 Å². The van der Waals surface area contributed by atoms with E-state index in [1.807, 2.05) is 25.3 Å². The Kier molecular flexibility index (Phi) is 13.5. The van der Waals surface area contributed by atoms with Crippen molar-refractivity contribution >= 4 is 32.6 Å². The maximum atomic E-state index is 10.7. The summed E-state index contributed by atoms with van der Waals surface area (Å²) in [4.78, 5) is 43.0. The van der Waals surface area contributed by atoms with Gasteiger partial charge in [0.1, 0.15) is 0 Å². The minimum atomic E-state index is -4.77. The Morgan fingerprint density at radius 1 is 1.16 bits per heavy atom. The standard InChI is InChI=1S/C6H13NO.C4H12O6P2.C3H3NS/c1-3-5-7-6(8)4-2;1-3-4(2,11(5,6)7)12(8,9)10;1-2-4-5-3-1/h3-5H2,1-2H3,(H,7,8);3H2,1-2H3,(H2,5,6,7)(H2,8,9,10);1-3H. The van der Waals surface area contributed by atoms with Crippen LogP contribution in [0.3, 0.4) is 0 Å². The minimum Gasteiger partial charge on any atom is -0.356 e. The van der Waals surface area contributed by atoms with Crippen molar-refractivity contribution in [3.63, 3.8) is 0 Å². The van der Waals surface area contributed by atoms with Crippen molar-refractivity contribution in [3.8, 4) is 0 Å². The maximum Gasteiger partial charge on any atom is 0.343 e. The van der Waals surface area contributed by atoms with Crippen molar-refractivity contribution < 1.29 is 33.5 Å². The molecule has 1 heterocycles. The Morgan fingerprint density at radius 2 is 1.68 bits per heavy atom. The van der Waals surface area contributed by atoms with Crippen molar-refractivity contribution in [1.29, 1.82) is 0 Å². The van der Waals surface area contributed by atoms with Crippen molar-refractivity contribution in [1.82, 2.24) is 9.69 Å². The number of carbonyl (C=O) groups excluding carboxylic acids is 1. The molecule has 0 aliphatic carbocycles. The molecule has 0 spiro atoms. The van der Waals surface area contributed by atoms with E-state index in [1.165, 1.54) is 18.5 Å². The third-order valence-electron chi connectivity index (χ3n) is 3.17. The van der Waals surface area contributed by atoms with Crippen LogP contribution in [0.1, 0.15) is 47.0 Å². The van der Waals surface area contributed by atoms with Gasteiger partial charge in [0, 0.05) is 24.5 Å². The van der Waals surface area contributed by atoms with Gasteiger partial charge in [0.25, 0.3) is 0 Å². The highest BCUT2D eigenvalue weighted by atomic mass is 32.1. The number of nitrogens with one attached hydrogen (secondary N) is 1. The fourth-order valence-corrected chi connectivity index (χ4v) is 3.68. The van der Waals surface area contributed by atoms with E-state index in [9.17, 15) is 13.9 Å². The first kappa shape index (κ1) is 26.6. The van der Waals surface area contributed by atoms with E-state index in [-0.39, 0.29) is 12.3 Å². The van der Waals surface area contributed by atoms with E-state index >= 15 is 0 Å². The molecule has 0 radical (unpaired) electrons. The van der Waals surface area contributed by atoms with Gasteiger partial charge in [0.05, 0.1) is 0 Å². The first-order chi connectivity index (χ1) is 11.4. The lowest BCUT2D eigenvalue weighted by atomic mass is 10.4. The molecule has 1 amide bonds. The Hall–Kier alpha value is -0.600. The van der Waals surface area contributed by atoms with Gasteiger partial charge in [-0.25, -0.2) is 4.37 Å². The summed E-state index contributed by atoms with van der Waals surface area (Å²) in [5.74, 6) is 0.145. The summed E-state index contributed by atoms with van der Waals surface area (Å²) in [6.07, 6.45) is 3.11. The SMILES string of the molecule is CCC(C)(P(=O)(O)O)P(=O)(O)O.CCCNC(=O)CC.c1cnsc1. The second-order valence-corrected chi connectivity index (χ2v) is 10.2. The summed E-state index contributed by atoms with van der Waals surface area (Å²) in [5, 5.41) is 4.67. The number of hydrogen-bond donors (Lipinski definition) is 5. The molecule has 1 aromatic rings. The number of hydrogen-bond acceptors (Lipinski definition) is 5. The first-order valence-corrected chi connectivity index (χ1v) is 11.7. The number of rotatable bonds is 6. The van der Waals surface area contributed by atoms with Gasteiger partial charge in [-0.1, -0.05) is 20.8 Å². The van der Waals surface area contributed by atoms with Gasteiger partial charge in [0.15, 0.2) is 4.90 Å². The van der Waals surface area contributed by atoms with Crippen LogP contribution >= 0.6 is 26.7 Å². The molecule has 0 bridgehead atoms. The van der Waals surface area contributed by atoms with Gasteiger partial charge in [-0.3, -0.25) is 13.9 Å². The lowest BCUT2D eigenvalue weighted by molar-refractivity contribution is -0.120. The Bertz CT molecular complexity index is 518. The van der Waals surface area contributed by atoms with Gasteiger partial charge in [-0.05, 0) is 37.4 Å². The van der Waals surface area contributed by atoms with Crippen molar-refractivity contribution in [2.24, 2.45) is 0 Å². The smallest absolute Gasteiger partial charge is 0.343 e. The van der Waals surface area contributed by atoms with E-state index in [2.05, 4.69) is 9.69 Å². The summed E-state index contributed by atoms with van der Waals surface area (Å²) in [6, 6.07) is 1.91. The monoisotopic (exact) mass is 418 g/mol. The summed E-state index contributed by atoms with van der Waals surface area (Å²) in [6.45, 7) is 6.90. The topological polar surface area (TPSA) is 157 Å². The third-order valence-corrected chi connectivity index (χ3v) is 8.39. The van der Waals surface area contributed by atoms with Gasteiger partial charge in [0.2, 0.25) is 5.91 Å². The van der Waals surface area contributed by atoms with Crippen LogP contribution in [0.15, 0.2) is 17.6 Å². The zero-order valence-corrected chi connectivity index (χ0v) is 17.4. The Labute approximate surface area is 152 Å². The molecule has 0 fully saturated rings. The summed E-state index contributed by atoms with van der Waals surface area (Å²) < 4.78 is 25.2. The summed E-state index contributed by atoms with van der Waals surface area (Å²) in [7, 11) is -9.54. The van der Waals surface area contributed by atoms with E-state index in [1.54, 1.807) is 6.20 Å². The molecule has 0 aliphatic heterocycles. The molecule has 148 valence electrons. The van der Waals surface area contributed by atoms with Crippen LogP contribution in [-0.2, 0) is 13.9 Å². The predicted molar refractivity (Wildman–Crippen MR) is 98.5 cm³/mol. The van der Waals surface area contributed by atoms with Crippen LogP contribution < -0.4 is 5.32 Å². The molecule has 0 aromatic carbocycles. The van der Waals surface area contributed by atoms with Crippen molar-refractivity contribution in [3.05, 3.63) is 17.6 Å². The quantitative estimate of drug-likeness (QED) is 0.441. The van der Waals surface area contributed by atoms with Crippen molar-refractivity contribution in [2.45, 2.75) is 51.9 Å². The zero-order chi connectivity index (χ0) is 20.1. The largest absolute Gasteiger partial charge is 0.356 e. The third kappa shape index (κ3) is 10.9. The van der Waals surface area contributed by atoms with Crippen LogP contribution in [0, 0.1) is 0 Å². The highest BCUT2D eigenvalue weighted by molar-refractivity contribution is 7.72. The number of carbonyl (C=O) groups is 1. The van der Waals surface area contributed by atoms with Gasteiger partial charge < -0.3 is 24.9 Å². The fourth-order valence-electron chi connectivity index (χ4n) is 1.15. The average molecular weight is 418 g/mol. The molecule has 0 aliphatic rings. The molecule has 0 saturated carbocycles. The van der Waals surface area contributed by atoms with Crippen LogP contribution in [-0.4, -0.2) is 41.3 Å². The van der Waals surface area contributed by atoms with Gasteiger partial charge >= 0.3 is 15.2 Å². The lowest BCUT2D eigenvalue weighted by Gasteiger charge is -2.29. The molecule has 12 heteroatoms. The van der Waals surface area contributed by atoms with Gasteiger partial charge in [-0.15, -0.1) is 0 Å². The van der Waals surface area contributed by atoms with Crippen LogP contribution in [0.5, 0.6) is 0 Å². The maximum absolute atomic E-state index is 10.7. The van der Waals surface area contributed by atoms with Crippen LogP contribution in [0.2, 0.25) is 0 Å². The second kappa shape index (κ2) is 12.7. The average Bonchev–Trinajstić information content (AvgIpc) is 3.09. The molecular formula is C13H28N2O7P2S. The highest BCUT2D eigenvalue weighted by Gasteiger charge is 2.54. The Morgan fingerprint density at radius 3 is 1.84 bits per heavy atom. The number of amides is 1. The lowest BCUT2D eigenvalue weighted by Crippen LogP contribution is -2.23. The molecule has 0 unspecified atom stereocenters. The molecule has 0 atom stereocenters. The molecule has 5 N–H and O–H groups in total. The van der Waals surface area contributed by atoms with E-state index < -0.39 is 20.1 Å².